The van der Waals surface area contributed by atoms with Gasteiger partial charge in [0.05, 0.1) is 12.2 Å². The number of nitrogens with zero attached hydrogens (tertiary/aromatic N) is 2. The summed E-state index contributed by atoms with van der Waals surface area (Å²) >= 11 is 1.40. The fourth-order valence-electron chi connectivity index (χ4n) is 2.65. The largest absolute Gasteiger partial charge is 0.431 e. The molecule has 0 bridgehead atoms. The lowest BCUT2D eigenvalue weighted by Crippen LogP contribution is -2.29. The van der Waals surface area contributed by atoms with E-state index in [2.05, 4.69) is 10.4 Å². The number of alkyl halides is 3. The zero-order valence-corrected chi connectivity index (χ0v) is 15.0. The molecule has 1 aliphatic rings. The normalized spacial score (nSPS) is 14.3. The van der Waals surface area contributed by atoms with Crippen LogP contribution in [-0.4, -0.2) is 35.7 Å². The van der Waals surface area contributed by atoms with Crippen LogP contribution in [0.25, 0.3) is 11.1 Å². The van der Waals surface area contributed by atoms with Crippen LogP contribution in [0.3, 0.4) is 0 Å². The number of para-hydroxylation sites is 1. The number of rotatable bonds is 3. The van der Waals surface area contributed by atoms with E-state index in [1.54, 1.807) is 36.4 Å². The second-order valence-corrected chi connectivity index (χ2v) is 6.62. The summed E-state index contributed by atoms with van der Waals surface area (Å²) in [5.41, 5.74) is -0.00146. The van der Waals surface area contributed by atoms with Crippen LogP contribution in [-0.2, 0) is 0 Å². The van der Waals surface area contributed by atoms with Crippen molar-refractivity contribution in [2.24, 2.45) is 5.10 Å². The molecule has 142 valence electrons. The molecule has 4 nitrogen and oxygen atoms in total. The number of urea groups is 1. The molecule has 1 N–H and O–H groups in total. The molecule has 0 saturated carbocycles. The molecular weight excluding hydrogens is 382 g/mol. The van der Waals surface area contributed by atoms with Gasteiger partial charge in [-0.05, 0) is 24.5 Å². The fraction of sp³-hybridized carbons (Fsp3) is 0.222. The summed E-state index contributed by atoms with van der Waals surface area (Å²) in [7, 11) is 0. The van der Waals surface area contributed by atoms with Crippen molar-refractivity contribution in [2.45, 2.75) is 17.5 Å². The first-order valence-electron chi connectivity index (χ1n) is 7.95. The minimum atomic E-state index is -4.56. The van der Waals surface area contributed by atoms with Crippen molar-refractivity contribution in [2.75, 3.05) is 18.1 Å². The Kier molecular flexibility index (Phi) is 5.41. The Morgan fingerprint density at radius 3 is 2.56 bits per heavy atom. The number of anilines is 1. The van der Waals surface area contributed by atoms with Crippen LogP contribution in [0.2, 0.25) is 0 Å². The van der Waals surface area contributed by atoms with Gasteiger partial charge >= 0.3 is 12.2 Å². The van der Waals surface area contributed by atoms with E-state index in [0.717, 1.165) is 9.90 Å². The topological polar surface area (TPSA) is 44.7 Å². The van der Waals surface area contributed by atoms with Crippen LogP contribution < -0.4 is 5.32 Å². The molecule has 0 saturated heterocycles. The fourth-order valence-corrected chi connectivity index (χ4v) is 3.08. The minimum Gasteiger partial charge on any atom is -0.306 e. The second-order valence-electron chi connectivity index (χ2n) is 5.74. The molecule has 2 amide bonds. The number of hydrogen-bond acceptors (Lipinski definition) is 3. The van der Waals surface area contributed by atoms with Crippen molar-refractivity contribution in [3.05, 3.63) is 48.3 Å². The van der Waals surface area contributed by atoms with Crippen LogP contribution in [0.1, 0.15) is 6.42 Å². The van der Waals surface area contributed by atoms with E-state index in [1.165, 1.54) is 17.8 Å². The Balaban J connectivity index is 1.85. The molecule has 0 spiro atoms. The van der Waals surface area contributed by atoms with Gasteiger partial charge in [-0.15, -0.1) is 11.8 Å². The summed E-state index contributed by atoms with van der Waals surface area (Å²) in [6.45, 7) is -0.167. The molecule has 0 radical (unpaired) electrons. The van der Waals surface area contributed by atoms with Crippen molar-refractivity contribution in [1.29, 1.82) is 0 Å². The van der Waals surface area contributed by atoms with Gasteiger partial charge in [0, 0.05) is 22.4 Å². The molecule has 0 unspecified atom stereocenters. The van der Waals surface area contributed by atoms with Gasteiger partial charge in [0.15, 0.2) is 0 Å². The molecule has 1 aliphatic heterocycles. The Morgan fingerprint density at radius 1 is 1.19 bits per heavy atom. The summed E-state index contributed by atoms with van der Waals surface area (Å²) in [4.78, 5) is 13.1. The average molecular weight is 397 g/mol. The smallest absolute Gasteiger partial charge is 0.306 e. The number of hydrazone groups is 1. The van der Waals surface area contributed by atoms with Crippen molar-refractivity contribution < 1.29 is 22.4 Å². The van der Waals surface area contributed by atoms with Gasteiger partial charge in [-0.1, -0.05) is 24.3 Å². The quantitative estimate of drug-likeness (QED) is 0.559. The van der Waals surface area contributed by atoms with Gasteiger partial charge in [-0.3, -0.25) is 0 Å². The molecule has 1 heterocycles. The van der Waals surface area contributed by atoms with E-state index in [-0.39, 0.29) is 24.2 Å². The lowest BCUT2D eigenvalue weighted by Gasteiger charge is -2.16. The highest BCUT2D eigenvalue weighted by atomic mass is 32.2. The molecule has 3 rings (SSSR count). The molecular formula is C18H15F4N3OS. The Bertz CT molecular complexity index is 898. The Hall–Kier alpha value is -2.55. The number of carbonyl (C=O) groups is 1. The van der Waals surface area contributed by atoms with Crippen LogP contribution in [0.5, 0.6) is 0 Å². The highest BCUT2D eigenvalue weighted by Gasteiger charge is 2.40. The van der Waals surface area contributed by atoms with Gasteiger partial charge in [0.25, 0.3) is 0 Å². The predicted molar refractivity (Wildman–Crippen MR) is 97.4 cm³/mol. The van der Waals surface area contributed by atoms with Crippen molar-refractivity contribution in [1.82, 2.24) is 5.01 Å². The number of halogens is 4. The first-order valence-corrected chi connectivity index (χ1v) is 9.18. The maximum atomic E-state index is 14.4. The lowest BCUT2D eigenvalue weighted by atomic mass is 10.0. The SMILES string of the molecule is CSc1ccc(-c2ccccc2NC(=O)N2CCC(C(F)(F)F)=N2)c(F)c1. The number of hydrogen-bond donors (Lipinski definition) is 1. The summed E-state index contributed by atoms with van der Waals surface area (Å²) in [6.07, 6.45) is -3.09. The van der Waals surface area contributed by atoms with E-state index in [1.807, 2.05) is 6.26 Å². The molecule has 9 heteroatoms. The number of carbonyl (C=O) groups excluding carboxylic acids is 1. The minimum absolute atomic E-state index is 0.167. The van der Waals surface area contributed by atoms with Crippen LogP contribution in [0.4, 0.5) is 28.0 Å². The molecule has 27 heavy (non-hydrogen) atoms. The van der Waals surface area contributed by atoms with Crippen LogP contribution >= 0.6 is 11.8 Å². The van der Waals surface area contributed by atoms with Crippen LogP contribution in [0, 0.1) is 5.82 Å². The molecule has 2 aromatic rings. The maximum Gasteiger partial charge on any atom is 0.431 e. The lowest BCUT2D eigenvalue weighted by molar-refractivity contribution is -0.0600. The highest BCUT2D eigenvalue weighted by molar-refractivity contribution is 7.98. The highest BCUT2D eigenvalue weighted by Crippen LogP contribution is 2.32. The van der Waals surface area contributed by atoms with Crippen molar-refractivity contribution in [3.63, 3.8) is 0 Å². The maximum absolute atomic E-state index is 14.4. The number of benzene rings is 2. The zero-order chi connectivity index (χ0) is 19.6. The molecule has 0 fully saturated rings. The molecule has 0 atom stereocenters. The van der Waals surface area contributed by atoms with Crippen molar-refractivity contribution >= 4 is 29.2 Å². The Morgan fingerprint density at radius 2 is 1.93 bits per heavy atom. The summed E-state index contributed by atoms with van der Waals surface area (Å²) in [5.74, 6) is -0.456. The van der Waals surface area contributed by atoms with Gasteiger partial charge in [0.2, 0.25) is 0 Å². The van der Waals surface area contributed by atoms with Crippen LogP contribution in [0.15, 0.2) is 52.5 Å². The number of nitrogens with one attached hydrogen (secondary N) is 1. The van der Waals surface area contributed by atoms with E-state index in [9.17, 15) is 22.4 Å². The van der Waals surface area contributed by atoms with Gasteiger partial charge < -0.3 is 5.32 Å². The summed E-state index contributed by atoms with van der Waals surface area (Å²) < 4.78 is 52.5. The van der Waals surface area contributed by atoms with E-state index < -0.39 is 23.7 Å². The molecule has 0 aromatic heterocycles. The van der Waals surface area contributed by atoms with E-state index >= 15 is 0 Å². The van der Waals surface area contributed by atoms with E-state index in [4.69, 9.17) is 0 Å². The zero-order valence-electron chi connectivity index (χ0n) is 14.2. The third-order valence-electron chi connectivity index (χ3n) is 4.00. The number of amides is 2. The monoisotopic (exact) mass is 397 g/mol. The third-order valence-corrected chi connectivity index (χ3v) is 4.72. The summed E-state index contributed by atoms with van der Waals surface area (Å²) in [6, 6.07) is 10.4. The molecule has 0 aliphatic carbocycles. The van der Waals surface area contributed by atoms with E-state index in [0.29, 0.717) is 5.56 Å². The van der Waals surface area contributed by atoms with Gasteiger partial charge in [-0.25, -0.2) is 14.2 Å². The Labute approximate surface area is 157 Å². The number of thioether (sulfide) groups is 1. The second kappa shape index (κ2) is 7.59. The predicted octanol–water partition coefficient (Wildman–Crippen LogP) is 5.37. The van der Waals surface area contributed by atoms with Gasteiger partial charge in [-0.2, -0.15) is 18.3 Å². The third kappa shape index (κ3) is 4.24. The first-order chi connectivity index (χ1) is 12.8. The standard InChI is InChI=1S/C18H15F4N3OS/c1-27-11-6-7-12(14(19)10-11)13-4-2-3-5-15(13)23-17(26)25-9-8-16(24-25)18(20,21)22/h2-7,10H,8-9H2,1H3,(H,23,26). The average Bonchev–Trinajstić information content (AvgIpc) is 3.13. The first kappa shape index (κ1) is 19.2. The molecule has 2 aromatic carbocycles. The summed E-state index contributed by atoms with van der Waals surface area (Å²) in [5, 5.41) is 6.58. The van der Waals surface area contributed by atoms with Crippen molar-refractivity contribution in [3.8, 4) is 11.1 Å². The van der Waals surface area contributed by atoms with Gasteiger partial charge in [0.1, 0.15) is 11.5 Å².